The van der Waals surface area contributed by atoms with Crippen LogP contribution in [-0.2, 0) is 27.8 Å². The van der Waals surface area contributed by atoms with Gasteiger partial charge in [0, 0.05) is 13.5 Å². The summed E-state index contributed by atoms with van der Waals surface area (Å²) in [5, 5.41) is 0. The van der Waals surface area contributed by atoms with Crippen LogP contribution in [0.4, 0.5) is 0 Å². The summed E-state index contributed by atoms with van der Waals surface area (Å²) >= 11 is 0. The lowest BCUT2D eigenvalue weighted by atomic mass is 10.3. The molecular formula is C16H35O7P. The van der Waals surface area contributed by atoms with E-state index >= 15 is 0 Å². The Morgan fingerprint density at radius 1 is 0.958 bits per heavy atom. The molecule has 24 heavy (non-hydrogen) atoms. The summed E-state index contributed by atoms with van der Waals surface area (Å²) in [6.07, 6.45) is 4.41. The highest BCUT2D eigenvalue weighted by atomic mass is 31.2. The summed E-state index contributed by atoms with van der Waals surface area (Å²) in [5.41, 5.74) is 0. The summed E-state index contributed by atoms with van der Waals surface area (Å²) in [6.45, 7) is 10.3. The fourth-order valence-corrected chi connectivity index (χ4v) is 2.74. The summed E-state index contributed by atoms with van der Waals surface area (Å²) in [6, 6.07) is 0. The number of unbranched alkanes of at least 4 members (excludes halogenated alkanes) is 3. The van der Waals surface area contributed by atoms with Gasteiger partial charge in [-0.25, -0.2) is 9.09 Å². The van der Waals surface area contributed by atoms with E-state index in [9.17, 15) is 9.46 Å². The Bertz CT molecular complexity index is 341. The number of phosphoric acid groups is 1. The normalized spacial score (nSPS) is 16.1. The van der Waals surface area contributed by atoms with Crippen molar-refractivity contribution >= 4 is 7.82 Å². The first-order chi connectivity index (χ1) is 11.3. The van der Waals surface area contributed by atoms with Crippen LogP contribution in [0.15, 0.2) is 0 Å². The molecule has 0 bridgehead atoms. The maximum Gasteiger partial charge on any atom is 0.478 e. The van der Waals surface area contributed by atoms with E-state index in [1.807, 2.05) is 20.8 Å². The Morgan fingerprint density at radius 3 is 1.88 bits per heavy atom. The number of hydrogen-bond donors (Lipinski definition) is 1. The molecule has 1 N–H and O–H groups in total. The van der Waals surface area contributed by atoms with Crippen LogP contribution >= 0.6 is 7.82 Å². The van der Waals surface area contributed by atoms with Crippen molar-refractivity contribution in [2.45, 2.75) is 85.4 Å². The SMILES string of the molecule is CCCCOC(C)OP(=O)(O)OC(C)(OCCCC)OCCCC. The van der Waals surface area contributed by atoms with Crippen LogP contribution in [-0.4, -0.2) is 37.0 Å². The molecule has 7 nitrogen and oxygen atoms in total. The molecule has 0 aromatic rings. The van der Waals surface area contributed by atoms with Gasteiger partial charge in [0.05, 0.1) is 13.2 Å². The average molecular weight is 370 g/mol. The molecule has 0 amide bonds. The van der Waals surface area contributed by atoms with Gasteiger partial charge < -0.3 is 19.1 Å². The van der Waals surface area contributed by atoms with Crippen LogP contribution in [0, 0.1) is 0 Å². The minimum absolute atomic E-state index is 0.363. The molecule has 0 aromatic heterocycles. The molecule has 0 spiro atoms. The number of hydrogen-bond acceptors (Lipinski definition) is 6. The number of phosphoric ester groups is 1. The van der Waals surface area contributed by atoms with Gasteiger partial charge >= 0.3 is 7.82 Å². The fourth-order valence-electron chi connectivity index (χ4n) is 1.74. The Morgan fingerprint density at radius 2 is 1.42 bits per heavy atom. The minimum atomic E-state index is -4.39. The van der Waals surface area contributed by atoms with Gasteiger partial charge in [-0.2, -0.15) is 0 Å². The van der Waals surface area contributed by atoms with Crippen LogP contribution in [0.25, 0.3) is 0 Å². The van der Waals surface area contributed by atoms with Gasteiger partial charge in [0.2, 0.25) is 0 Å². The zero-order valence-corrected chi connectivity index (χ0v) is 16.7. The molecule has 0 aromatic carbocycles. The topological polar surface area (TPSA) is 83.5 Å². The lowest BCUT2D eigenvalue weighted by Crippen LogP contribution is -2.36. The van der Waals surface area contributed by atoms with Crippen molar-refractivity contribution < 1.29 is 32.7 Å². The van der Waals surface area contributed by atoms with Gasteiger partial charge in [-0.05, 0) is 26.2 Å². The maximum atomic E-state index is 12.2. The molecule has 0 fully saturated rings. The first-order valence-electron chi connectivity index (χ1n) is 8.90. The summed E-state index contributed by atoms with van der Waals surface area (Å²) in [5.74, 6) is -1.63. The fraction of sp³-hybridized carbons (Fsp3) is 1.00. The highest BCUT2D eigenvalue weighted by Gasteiger charge is 2.39. The van der Waals surface area contributed by atoms with Gasteiger partial charge in [-0.1, -0.05) is 40.0 Å². The molecule has 0 saturated carbocycles. The van der Waals surface area contributed by atoms with Gasteiger partial charge in [-0.15, -0.1) is 0 Å². The first kappa shape index (κ1) is 24.0. The molecular weight excluding hydrogens is 335 g/mol. The molecule has 0 saturated heterocycles. The smallest absolute Gasteiger partial charge is 0.352 e. The van der Waals surface area contributed by atoms with Crippen molar-refractivity contribution in [2.75, 3.05) is 19.8 Å². The van der Waals surface area contributed by atoms with Crippen LogP contribution in [0.1, 0.15) is 73.1 Å². The highest BCUT2D eigenvalue weighted by molar-refractivity contribution is 7.47. The zero-order valence-electron chi connectivity index (χ0n) is 15.8. The van der Waals surface area contributed by atoms with Crippen molar-refractivity contribution in [3.8, 4) is 0 Å². The van der Waals surface area contributed by atoms with E-state index in [2.05, 4.69) is 0 Å². The third kappa shape index (κ3) is 12.4. The van der Waals surface area contributed by atoms with E-state index in [4.69, 9.17) is 23.3 Å². The van der Waals surface area contributed by atoms with E-state index in [1.165, 1.54) is 6.92 Å². The molecule has 0 heterocycles. The van der Waals surface area contributed by atoms with Crippen LogP contribution < -0.4 is 0 Å². The molecule has 2 atom stereocenters. The second kappa shape index (κ2) is 13.2. The maximum absolute atomic E-state index is 12.2. The van der Waals surface area contributed by atoms with Crippen molar-refractivity contribution in [3.05, 3.63) is 0 Å². The third-order valence-corrected chi connectivity index (χ3v) is 4.26. The molecule has 8 heteroatoms. The molecule has 2 unspecified atom stereocenters. The van der Waals surface area contributed by atoms with Crippen molar-refractivity contribution in [1.82, 2.24) is 0 Å². The quantitative estimate of drug-likeness (QED) is 0.242. The minimum Gasteiger partial charge on any atom is -0.352 e. The summed E-state index contributed by atoms with van der Waals surface area (Å²) in [7, 11) is -4.39. The zero-order chi connectivity index (χ0) is 18.5. The Labute approximate surface area is 146 Å². The molecule has 0 aliphatic carbocycles. The van der Waals surface area contributed by atoms with Gasteiger partial charge in [-0.3, -0.25) is 4.52 Å². The van der Waals surface area contributed by atoms with Crippen molar-refractivity contribution in [3.63, 3.8) is 0 Å². The number of ether oxygens (including phenoxy) is 3. The first-order valence-corrected chi connectivity index (χ1v) is 10.4. The molecule has 0 aliphatic heterocycles. The predicted molar refractivity (Wildman–Crippen MR) is 92.4 cm³/mol. The second-order valence-electron chi connectivity index (χ2n) is 5.72. The van der Waals surface area contributed by atoms with Gasteiger partial charge in [0.1, 0.15) is 0 Å². The largest absolute Gasteiger partial charge is 0.478 e. The Hall–Kier alpha value is -0.0100. The van der Waals surface area contributed by atoms with E-state index in [1.54, 1.807) is 6.92 Å². The van der Waals surface area contributed by atoms with E-state index in [0.717, 1.165) is 38.5 Å². The van der Waals surface area contributed by atoms with Gasteiger partial charge in [0.15, 0.2) is 6.29 Å². The summed E-state index contributed by atoms with van der Waals surface area (Å²) in [4.78, 5) is 9.96. The summed E-state index contributed by atoms with van der Waals surface area (Å²) < 4.78 is 38.8. The lowest BCUT2D eigenvalue weighted by Gasteiger charge is -2.31. The monoisotopic (exact) mass is 370 g/mol. The average Bonchev–Trinajstić information content (AvgIpc) is 2.46. The van der Waals surface area contributed by atoms with Crippen LogP contribution in [0.2, 0.25) is 0 Å². The van der Waals surface area contributed by atoms with Crippen molar-refractivity contribution in [2.24, 2.45) is 0 Å². The van der Waals surface area contributed by atoms with Gasteiger partial charge in [0.25, 0.3) is 5.97 Å². The lowest BCUT2D eigenvalue weighted by molar-refractivity contribution is -0.339. The van der Waals surface area contributed by atoms with Crippen LogP contribution in [0.3, 0.4) is 0 Å². The van der Waals surface area contributed by atoms with Crippen molar-refractivity contribution in [1.29, 1.82) is 0 Å². The molecule has 0 aliphatic rings. The van der Waals surface area contributed by atoms with Crippen LogP contribution in [0.5, 0.6) is 0 Å². The number of rotatable bonds is 16. The third-order valence-electron chi connectivity index (χ3n) is 3.14. The second-order valence-corrected chi connectivity index (χ2v) is 7.05. The highest BCUT2D eigenvalue weighted by Crippen LogP contribution is 2.49. The molecule has 146 valence electrons. The predicted octanol–water partition coefficient (Wildman–Crippen LogP) is 4.59. The Balaban J connectivity index is 4.60. The molecule has 0 rings (SSSR count). The van der Waals surface area contributed by atoms with E-state index < -0.39 is 20.1 Å². The molecule has 0 radical (unpaired) electrons. The Kier molecular flexibility index (Phi) is 13.2. The van der Waals surface area contributed by atoms with E-state index in [-0.39, 0.29) is 0 Å². The van der Waals surface area contributed by atoms with E-state index in [0.29, 0.717) is 19.8 Å². The standard InChI is InChI=1S/C16H35O7P/c1-6-9-12-19-15(4)22-24(17,18)23-16(5,20-13-10-7-2)21-14-11-8-3/h15H,6-14H2,1-5H3,(H,17,18).